The highest BCUT2D eigenvalue weighted by atomic mass is 16.2. The van der Waals surface area contributed by atoms with E-state index < -0.39 is 0 Å². The molecule has 2 unspecified atom stereocenters. The highest BCUT2D eigenvalue weighted by Crippen LogP contribution is 2.38. The van der Waals surface area contributed by atoms with Crippen LogP contribution < -0.4 is 11.3 Å². The summed E-state index contributed by atoms with van der Waals surface area (Å²) in [5.74, 6) is 7.09. The molecule has 1 aromatic carbocycles. The molecule has 0 radical (unpaired) electrons. The van der Waals surface area contributed by atoms with Crippen LogP contribution in [0.1, 0.15) is 35.2 Å². The Bertz CT molecular complexity index is 488. The number of fused-ring (bicyclic) bond motifs is 1. The molecule has 0 bridgehead atoms. The number of hydrogen-bond donors (Lipinski definition) is 2. The van der Waals surface area contributed by atoms with E-state index >= 15 is 0 Å². The van der Waals surface area contributed by atoms with Gasteiger partial charge in [0.25, 0.3) is 5.91 Å². The number of nitrogens with two attached hydrogens (primary N) is 1. The van der Waals surface area contributed by atoms with E-state index in [1.165, 1.54) is 19.3 Å². The maximum atomic E-state index is 12.6. The van der Waals surface area contributed by atoms with Gasteiger partial charge in [-0.2, -0.15) is 0 Å². The predicted molar refractivity (Wildman–Crippen MR) is 75.7 cm³/mol. The zero-order chi connectivity index (χ0) is 13.4. The van der Waals surface area contributed by atoms with Gasteiger partial charge in [-0.05, 0) is 49.3 Å². The zero-order valence-electron chi connectivity index (χ0n) is 11.4. The molecule has 0 spiro atoms. The summed E-state index contributed by atoms with van der Waals surface area (Å²) >= 11 is 0. The molecule has 4 nitrogen and oxygen atoms in total. The summed E-state index contributed by atoms with van der Waals surface area (Å²) in [6.07, 6.45) is 3.90. The van der Waals surface area contributed by atoms with E-state index in [1.807, 2.05) is 30.0 Å². The second-order valence-electron chi connectivity index (χ2n) is 5.85. The van der Waals surface area contributed by atoms with Crippen LogP contribution in [0.2, 0.25) is 0 Å². The van der Waals surface area contributed by atoms with Gasteiger partial charge < -0.3 is 10.3 Å². The number of benzene rings is 1. The van der Waals surface area contributed by atoms with Crippen molar-refractivity contribution in [2.24, 2.45) is 17.7 Å². The second-order valence-corrected chi connectivity index (χ2v) is 5.85. The van der Waals surface area contributed by atoms with Gasteiger partial charge in [-0.1, -0.05) is 12.5 Å². The Kier molecular flexibility index (Phi) is 3.19. The molecule has 3 rings (SSSR count). The molecule has 4 heteroatoms. The molecule has 1 aromatic rings. The molecule has 3 N–H and O–H groups in total. The predicted octanol–water partition coefficient (Wildman–Crippen LogP) is 2.15. The van der Waals surface area contributed by atoms with Crippen molar-refractivity contribution in [3.05, 3.63) is 29.3 Å². The summed E-state index contributed by atoms with van der Waals surface area (Å²) in [4.78, 5) is 14.6. The highest BCUT2D eigenvalue weighted by molar-refractivity contribution is 5.99. The first-order valence-electron chi connectivity index (χ1n) is 7.05. The number of anilines is 1. The Hall–Kier alpha value is -1.55. The number of aryl methyl sites for hydroxylation is 1. The van der Waals surface area contributed by atoms with Gasteiger partial charge in [-0.3, -0.25) is 10.6 Å². The first kappa shape index (κ1) is 12.5. The summed E-state index contributed by atoms with van der Waals surface area (Å²) in [6, 6.07) is 5.76. The number of carbonyl (C=O) groups excluding carboxylic acids is 1. The highest BCUT2D eigenvalue weighted by Gasteiger charge is 2.38. The lowest BCUT2D eigenvalue weighted by atomic mass is 10.0. The summed E-state index contributed by atoms with van der Waals surface area (Å²) in [5, 5.41) is 0. The molecule has 102 valence electrons. The third-order valence-electron chi connectivity index (χ3n) is 4.57. The average molecular weight is 259 g/mol. The normalized spacial score (nSPS) is 25.5. The molecule has 1 heterocycles. The van der Waals surface area contributed by atoms with Crippen LogP contribution in [0.5, 0.6) is 0 Å². The van der Waals surface area contributed by atoms with Crippen LogP contribution in [0.15, 0.2) is 18.2 Å². The van der Waals surface area contributed by atoms with Crippen LogP contribution in [-0.2, 0) is 0 Å². The summed E-state index contributed by atoms with van der Waals surface area (Å²) in [7, 11) is 0. The molecule has 1 saturated carbocycles. The molecule has 2 fully saturated rings. The number of likely N-dealkylation sites (tertiary alicyclic amines) is 1. The van der Waals surface area contributed by atoms with Gasteiger partial charge in [0.2, 0.25) is 0 Å². The number of hydrazine groups is 1. The quantitative estimate of drug-likeness (QED) is 0.632. The van der Waals surface area contributed by atoms with Crippen LogP contribution in [-0.4, -0.2) is 23.9 Å². The molecule has 1 aliphatic carbocycles. The number of nitrogens with one attached hydrogen (secondary N) is 1. The van der Waals surface area contributed by atoms with Crippen molar-refractivity contribution >= 4 is 11.6 Å². The molecule has 1 amide bonds. The van der Waals surface area contributed by atoms with Crippen molar-refractivity contribution in [2.75, 3.05) is 18.5 Å². The zero-order valence-corrected chi connectivity index (χ0v) is 11.4. The fourth-order valence-corrected chi connectivity index (χ4v) is 3.54. The van der Waals surface area contributed by atoms with E-state index in [1.54, 1.807) is 0 Å². The fraction of sp³-hybridized carbons (Fsp3) is 0.533. The molecule has 2 atom stereocenters. The molecule has 2 aliphatic rings. The van der Waals surface area contributed by atoms with Crippen molar-refractivity contribution in [2.45, 2.75) is 26.2 Å². The van der Waals surface area contributed by atoms with Crippen molar-refractivity contribution in [1.29, 1.82) is 0 Å². The lowest BCUT2D eigenvalue weighted by Gasteiger charge is -2.19. The first-order valence-corrected chi connectivity index (χ1v) is 7.05. The minimum Gasteiger partial charge on any atom is -0.338 e. The molecule has 19 heavy (non-hydrogen) atoms. The van der Waals surface area contributed by atoms with Crippen LogP contribution >= 0.6 is 0 Å². The molecule has 0 aromatic heterocycles. The van der Waals surface area contributed by atoms with Gasteiger partial charge >= 0.3 is 0 Å². The summed E-state index contributed by atoms with van der Waals surface area (Å²) in [6.45, 7) is 3.83. The molecular weight excluding hydrogens is 238 g/mol. The topological polar surface area (TPSA) is 58.4 Å². The number of nitrogen functional groups attached to an aromatic ring is 1. The molecular formula is C15H21N3O. The van der Waals surface area contributed by atoms with E-state index in [0.29, 0.717) is 5.56 Å². The number of carbonyl (C=O) groups is 1. The molecule has 1 aliphatic heterocycles. The van der Waals surface area contributed by atoms with E-state index in [0.717, 1.165) is 36.2 Å². The third-order valence-corrected chi connectivity index (χ3v) is 4.57. The van der Waals surface area contributed by atoms with E-state index in [2.05, 4.69) is 5.43 Å². The van der Waals surface area contributed by atoms with E-state index in [9.17, 15) is 4.79 Å². The maximum absolute atomic E-state index is 12.6. The van der Waals surface area contributed by atoms with Crippen LogP contribution in [0.25, 0.3) is 0 Å². The summed E-state index contributed by atoms with van der Waals surface area (Å²) < 4.78 is 0. The van der Waals surface area contributed by atoms with Crippen molar-refractivity contribution < 1.29 is 4.79 Å². The van der Waals surface area contributed by atoms with Gasteiger partial charge in [-0.15, -0.1) is 0 Å². The second kappa shape index (κ2) is 4.85. The molecule has 1 saturated heterocycles. The van der Waals surface area contributed by atoms with E-state index in [-0.39, 0.29) is 5.91 Å². The Morgan fingerprint density at radius 1 is 1.32 bits per heavy atom. The summed E-state index contributed by atoms with van der Waals surface area (Å²) in [5.41, 5.74) is 5.16. The van der Waals surface area contributed by atoms with Crippen LogP contribution in [0.4, 0.5) is 5.69 Å². The van der Waals surface area contributed by atoms with Crippen LogP contribution in [0.3, 0.4) is 0 Å². The van der Waals surface area contributed by atoms with Crippen molar-refractivity contribution in [3.63, 3.8) is 0 Å². The lowest BCUT2D eigenvalue weighted by molar-refractivity contribution is 0.0781. The lowest BCUT2D eigenvalue weighted by Crippen LogP contribution is -2.30. The number of rotatable bonds is 2. The first-order chi connectivity index (χ1) is 9.19. The van der Waals surface area contributed by atoms with Gasteiger partial charge in [0.15, 0.2) is 0 Å². The standard InChI is InChI=1S/C15H21N3O/c1-10-5-6-13(14(7-10)17-16)15(19)18-8-11-3-2-4-12(11)9-18/h5-7,11-12,17H,2-4,8-9,16H2,1H3. The SMILES string of the molecule is Cc1ccc(C(=O)N2CC3CCCC3C2)c(NN)c1. The smallest absolute Gasteiger partial charge is 0.256 e. The fourth-order valence-electron chi connectivity index (χ4n) is 3.54. The Morgan fingerprint density at radius 3 is 2.63 bits per heavy atom. The maximum Gasteiger partial charge on any atom is 0.256 e. The van der Waals surface area contributed by atoms with Gasteiger partial charge in [0, 0.05) is 13.1 Å². The average Bonchev–Trinajstić information content (AvgIpc) is 2.98. The number of hydrogen-bond acceptors (Lipinski definition) is 3. The largest absolute Gasteiger partial charge is 0.338 e. The van der Waals surface area contributed by atoms with Gasteiger partial charge in [-0.25, -0.2) is 0 Å². The van der Waals surface area contributed by atoms with Gasteiger partial charge in [0.05, 0.1) is 11.3 Å². The Labute approximate surface area is 113 Å². The minimum absolute atomic E-state index is 0.113. The van der Waals surface area contributed by atoms with Crippen molar-refractivity contribution in [3.8, 4) is 0 Å². The number of amides is 1. The van der Waals surface area contributed by atoms with Crippen LogP contribution in [0, 0.1) is 18.8 Å². The Morgan fingerprint density at radius 2 is 2.00 bits per heavy atom. The van der Waals surface area contributed by atoms with Crippen molar-refractivity contribution in [1.82, 2.24) is 4.90 Å². The third kappa shape index (κ3) is 2.21. The number of nitrogens with zero attached hydrogens (tertiary/aromatic N) is 1. The minimum atomic E-state index is 0.113. The Balaban J connectivity index is 1.81. The van der Waals surface area contributed by atoms with E-state index in [4.69, 9.17) is 5.84 Å². The van der Waals surface area contributed by atoms with Gasteiger partial charge in [0.1, 0.15) is 0 Å². The monoisotopic (exact) mass is 259 g/mol.